The fraction of sp³-hybridized carbons (Fsp3) is 0.375. The van der Waals surface area contributed by atoms with Crippen molar-refractivity contribution in [2.45, 2.75) is 20.4 Å². The van der Waals surface area contributed by atoms with Crippen LogP contribution < -0.4 is 4.80 Å². The molecule has 1 rings (SSSR count). The Morgan fingerprint density at radius 3 is 2.64 bits per heavy atom. The first-order chi connectivity index (χ1) is 5.16. The molecule has 1 N–H and O–H groups in total. The van der Waals surface area contributed by atoms with E-state index in [4.69, 9.17) is 5.41 Å². The summed E-state index contributed by atoms with van der Waals surface area (Å²) in [6.45, 7) is 8.47. The SMILES string of the molecule is C=CCn1c(C)c(C)sc1=N. The number of rotatable bonds is 2. The lowest BCUT2D eigenvalue weighted by atomic mass is 10.4. The first-order valence-electron chi connectivity index (χ1n) is 3.49. The third-order valence-corrected chi connectivity index (χ3v) is 2.74. The average molecular weight is 168 g/mol. The van der Waals surface area contributed by atoms with Crippen molar-refractivity contribution in [1.82, 2.24) is 4.57 Å². The number of aromatic nitrogens is 1. The molecule has 1 aromatic rings. The lowest BCUT2D eigenvalue weighted by Crippen LogP contribution is -2.13. The molecule has 0 atom stereocenters. The number of hydrogen-bond donors (Lipinski definition) is 1. The fourth-order valence-corrected chi connectivity index (χ4v) is 1.83. The van der Waals surface area contributed by atoms with E-state index in [-0.39, 0.29) is 0 Å². The van der Waals surface area contributed by atoms with Crippen molar-refractivity contribution in [3.05, 3.63) is 28.0 Å². The molecule has 0 aromatic carbocycles. The molecule has 0 fully saturated rings. The van der Waals surface area contributed by atoms with Gasteiger partial charge in [-0.05, 0) is 13.8 Å². The van der Waals surface area contributed by atoms with Gasteiger partial charge in [-0.1, -0.05) is 6.08 Å². The molecule has 1 heterocycles. The van der Waals surface area contributed by atoms with Crippen molar-refractivity contribution in [2.75, 3.05) is 0 Å². The number of nitrogens with zero attached hydrogens (tertiary/aromatic N) is 1. The van der Waals surface area contributed by atoms with E-state index in [0.717, 1.165) is 6.54 Å². The van der Waals surface area contributed by atoms with Crippen LogP contribution in [0.5, 0.6) is 0 Å². The molecule has 0 bridgehead atoms. The maximum Gasteiger partial charge on any atom is 0.182 e. The standard InChI is InChI=1S/C8H12N2S/c1-4-5-10-6(2)7(3)11-8(10)9/h4,9H,1,5H2,2-3H3. The van der Waals surface area contributed by atoms with Gasteiger partial charge in [-0.15, -0.1) is 17.9 Å². The third-order valence-electron chi connectivity index (χ3n) is 1.72. The minimum Gasteiger partial charge on any atom is -0.317 e. The Morgan fingerprint density at radius 2 is 2.27 bits per heavy atom. The summed E-state index contributed by atoms with van der Waals surface area (Å²) in [4.78, 5) is 1.83. The number of nitrogens with one attached hydrogen (secondary N) is 1. The Kier molecular flexibility index (Phi) is 2.29. The lowest BCUT2D eigenvalue weighted by molar-refractivity contribution is 0.748. The van der Waals surface area contributed by atoms with Crippen LogP contribution >= 0.6 is 11.3 Å². The highest BCUT2D eigenvalue weighted by atomic mass is 32.1. The molecule has 0 aliphatic heterocycles. The highest BCUT2D eigenvalue weighted by molar-refractivity contribution is 7.09. The van der Waals surface area contributed by atoms with Gasteiger partial charge in [0.1, 0.15) is 0 Å². The van der Waals surface area contributed by atoms with Gasteiger partial charge in [-0.25, -0.2) is 0 Å². The van der Waals surface area contributed by atoms with E-state index in [9.17, 15) is 0 Å². The van der Waals surface area contributed by atoms with Crippen molar-refractivity contribution in [3.8, 4) is 0 Å². The van der Waals surface area contributed by atoms with Crippen LogP contribution in [0, 0.1) is 19.3 Å². The first-order valence-corrected chi connectivity index (χ1v) is 4.30. The van der Waals surface area contributed by atoms with Gasteiger partial charge in [0, 0.05) is 17.1 Å². The molecule has 3 heteroatoms. The van der Waals surface area contributed by atoms with Crippen LogP contribution in [-0.2, 0) is 6.54 Å². The number of aryl methyl sites for hydroxylation is 1. The van der Waals surface area contributed by atoms with Crippen molar-refractivity contribution < 1.29 is 0 Å². The summed E-state index contributed by atoms with van der Waals surface area (Å²) in [5, 5.41) is 7.57. The molecule has 0 amide bonds. The minimum atomic E-state index is 0.611. The second kappa shape index (κ2) is 3.05. The van der Waals surface area contributed by atoms with Crippen molar-refractivity contribution in [1.29, 1.82) is 5.41 Å². The molecule has 11 heavy (non-hydrogen) atoms. The summed E-state index contributed by atoms with van der Waals surface area (Å²) in [5.41, 5.74) is 1.18. The molecule has 0 saturated heterocycles. The van der Waals surface area contributed by atoms with E-state index < -0.39 is 0 Å². The smallest absolute Gasteiger partial charge is 0.182 e. The Labute approximate surface area is 70.3 Å². The predicted molar refractivity (Wildman–Crippen MR) is 47.8 cm³/mol. The molecule has 60 valence electrons. The van der Waals surface area contributed by atoms with Gasteiger partial charge in [0.05, 0.1) is 0 Å². The van der Waals surface area contributed by atoms with Crippen molar-refractivity contribution in [3.63, 3.8) is 0 Å². The fourth-order valence-electron chi connectivity index (χ4n) is 0.965. The van der Waals surface area contributed by atoms with Crippen LogP contribution in [0.15, 0.2) is 12.7 Å². The van der Waals surface area contributed by atoms with Crippen LogP contribution in [0.4, 0.5) is 0 Å². The molecule has 0 aliphatic carbocycles. The average Bonchev–Trinajstić information content (AvgIpc) is 2.17. The molecule has 0 saturated carbocycles. The zero-order chi connectivity index (χ0) is 8.43. The van der Waals surface area contributed by atoms with Crippen molar-refractivity contribution in [2.24, 2.45) is 0 Å². The summed E-state index contributed by atoms with van der Waals surface area (Å²) in [7, 11) is 0. The predicted octanol–water partition coefficient (Wildman–Crippen LogP) is 1.83. The van der Waals surface area contributed by atoms with Crippen LogP contribution in [0.3, 0.4) is 0 Å². The van der Waals surface area contributed by atoms with Gasteiger partial charge < -0.3 is 4.57 Å². The van der Waals surface area contributed by atoms with Gasteiger partial charge in [-0.2, -0.15) is 0 Å². The van der Waals surface area contributed by atoms with E-state index in [1.54, 1.807) is 0 Å². The van der Waals surface area contributed by atoms with Gasteiger partial charge in [0.2, 0.25) is 0 Å². The lowest BCUT2D eigenvalue weighted by Gasteiger charge is -1.99. The Balaban J connectivity index is 3.22. The van der Waals surface area contributed by atoms with Gasteiger partial charge in [0.25, 0.3) is 0 Å². The normalized spacial score (nSPS) is 10.0. The summed E-state index contributed by atoms with van der Waals surface area (Å²) in [6, 6.07) is 0. The molecule has 0 unspecified atom stereocenters. The van der Waals surface area contributed by atoms with E-state index in [1.807, 2.05) is 24.5 Å². The van der Waals surface area contributed by atoms with Gasteiger partial charge in [0.15, 0.2) is 4.80 Å². The van der Waals surface area contributed by atoms with Crippen LogP contribution in [0.1, 0.15) is 10.6 Å². The zero-order valence-corrected chi connectivity index (χ0v) is 7.66. The van der Waals surface area contributed by atoms with E-state index in [2.05, 4.69) is 6.58 Å². The molecule has 1 aromatic heterocycles. The Bertz CT molecular complexity index is 319. The number of thiazole rings is 1. The van der Waals surface area contributed by atoms with Gasteiger partial charge >= 0.3 is 0 Å². The monoisotopic (exact) mass is 168 g/mol. The maximum absolute atomic E-state index is 7.57. The molecule has 0 spiro atoms. The van der Waals surface area contributed by atoms with E-state index in [0.29, 0.717) is 4.80 Å². The first kappa shape index (κ1) is 8.27. The highest BCUT2D eigenvalue weighted by Gasteiger charge is 2.01. The molecule has 2 nitrogen and oxygen atoms in total. The van der Waals surface area contributed by atoms with Crippen LogP contribution in [0.25, 0.3) is 0 Å². The summed E-state index contributed by atoms with van der Waals surface area (Å²) >= 11 is 1.52. The van der Waals surface area contributed by atoms with Crippen LogP contribution in [-0.4, -0.2) is 4.57 Å². The quantitative estimate of drug-likeness (QED) is 0.653. The summed E-state index contributed by atoms with van der Waals surface area (Å²) in [5.74, 6) is 0. The molecule has 0 aliphatic rings. The number of hydrogen-bond acceptors (Lipinski definition) is 2. The van der Waals surface area contributed by atoms with Crippen LogP contribution in [0.2, 0.25) is 0 Å². The second-order valence-corrected chi connectivity index (χ2v) is 3.65. The van der Waals surface area contributed by atoms with E-state index in [1.165, 1.54) is 21.9 Å². The zero-order valence-electron chi connectivity index (χ0n) is 6.85. The molecule has 0 radical (unpaired) electrons. The minimum absolute atomic E-state index is 0.611. The molecular formula is C8H12N2S. The highest BCUT2D eigenvalue weighted by Crippen LogP contribution is 2.08. The van der Waals surface area contributed by atoms with Crippen molar-refractivity contribution >= 4 is 11.3 Å². The third kappa shape index (κ3) is 1.43. The van der Waals surface area contributed by atoms with E-state index >= 15 is 0 Å². The molecular weight excluding hydrogens is 156 g/mol. The summed E-state index contributed by atoms with van der Waals surface area (Å²) in [6.07, 6.45) is 1.82. The Morgan fingerprint density at radius 1 is 1.64 bits per heavy atom. The Hall–Kier alpha value is -0.830. The maximum atomic E-state index is 7.57. The second-order valence-electron chi connectivity index (χ2n) is 2.45. The largest absolute Gasteiger partial charge is 0.317 e. The topological polar surface area (TPSA) is 28.8 Å². The number of allylic oxidation sites excluding steroid dienone is 1. The van der Waals surface area contributed by atoms with Gasteiger partial charge in [-0.3, -0.25) is 5.41 Å². The summed E-state index contributed by atoms with van der Waals surface area (Å²) < 4.78 is 1.95.